The molecule has 14 heavy (non-hydrogen) atoms. The Morgan fingerprint density at radius 1 is 1.79 bits per heavy atom. The lowest BCUT2D eigenvalue weighted by Gasteiger charge is -1.99. The Labute approximate surface area is 75.8 Å². The molecule has 0 N–H and O–H groups in total. The number of aromatic nitrogens is 4. The molecule has 0 atom stereocenters. The van der Waals surface area contributed by atoms with Gasteiger partial charge in [-0.25, -0.2) is 20.4 Å². The molecule has 0 fully saturated rings. The molecule has 1 aromatic heterocycles. The van der Waals surface area contributed by atoms with E-state index in [4.69, 9.17) is 5.53 Å². The molecule has 0 amide bonds. The van der Waals surface area contributed by atoms with E-state index in [2.05, 4.69) is 30.7 Å². The Balaban J connectivity index is 2.82. The van der Waals surface area contributed by atoms with E-state index in [1.165, 1.54) is 0 Å². The monoisotopic (exact) mass is 198 g/mol. The van der Waals surface area contributed by atoms with E-state index in [1.807, 2.05) is 0 Å². The second-order valence-corrected chi connectivity index (χ2v) is 1.99. The van der Waals surface area contributed by atoms with Gasteiger partial charge in [0, 0.05) is 18.0 Å². The number of hydrogen-bond acceptors (Lipinski definition) is 5. The molecule has 0 aromatic carbocycles. The van der Waals surface area contributed by atoms with Crippen molar-refractivity contribution in [1.29, 1.82) is 0 Å². The van der Waals surface area contributed by atoms with Crippen LogP contribution < -0.4 is 10.7 Å². The Morgan fingerprint density at radius 3 is 3.21 bits per heavy atom. The van der Waals surface area contributed by atoms with Gasteiger partial charge in [-0.05, 0) is 10.6 Å². The number of tetrazole rings is 1. The van der Waals surface area contributed by atoms with Gasteiger partial charge in [0.1, 0.15) is 5.03 Å². The van der Waals surface area contributed by atoms with Crippen LogP contribution in [0.15, 0.2) is 10.2 Å². The number of rotatable bonds is 4. The minimum Gasteiger partial charge on any atom is -0.326 e. The quantitative estimate of drug-likeness (QED) is 0.192. The first kappa shape index (κ1) is 9.67. The van der Waals surface area contributed by atoms with Crippen molar-refractivity contribution < 1.29 is 5.03 Å². The summed E-state index contributed by atoms with van der Waals surface area (Å²) in [4.78, 5) is 12.5. The highest BCUT2D eigenvalue weighted by molar-refractivity contribution is 4.51. The van der Waals surface area contributed by atoms with E-state index in [0.717, 1.165) is 4.68 Å². The van der Waals surface area contributed by atoms with Crippen molar-refractivity contribution in [2.75, 3.05) is 6.54 Å². The molecular weight excluding hydrogens is 194 g/mol. The van der Waals surface area contributed by atoms with Gasteiger partial charge in [-0.3, -0.25) is 0 Å². The lowest BCUT2D eigenvalue weighted by molar-refractivity contribution is -0.491. The van der Waals surface area contributed by atoms with Gasteiger partial charge in [0.15, 0.2) is 5.62 Å². The standard InChI is InChI=1S/C3H4N9O2/c4-8-5-1-2-11-3(6-9-10-11)7-12(13)14/h1-2H2/q-1. The third-order valence-electron chi connectivity index (χ3n) is 1.16. The maximum absolute atomic E-state index is 10.00. The number of hydrogen-bond donors (Lipinski definition) is 0. The first-order valence-corrected chi connectivity index (χ1v) is 3.37. The minimum atomic E-state index is -0.907. The van der Waals surface area contributed by atoms with Gasteiger partial charge in [0.2, 0.25) is 0 Å². The van der Waals surface area contributed by atoms with Gasteiger partial charge in [-0.1, -0.05) is 5.11 Å². The van der Waals surface area contributed by atoms with Crippen LogP contribution in [0, 0.1) is 10.1 Å². The molecule has 0 aliphatic heterocycles. The van der Waals surface area contributed by atoms with Crippen LogP contribution in [0.1, 0.15) is 0 Å². The first-order valence-electron chi connectivity index (χ1n) is 3.37. The van der Waals surface area contributed by atoms with Crippen LogP contribution in [0.4, 0.5) is 0 Å². The summed E-state index contributed by atoms with van der Waals surface area (Å²) >= 11 is 0. The topological polar surface area (TPSA) is 149 Å². The number of nitrogens with zero attached hydrogens (tertiary/aromatic N) is 9. The maximum Gasteiger partial charge on any atom is 0.170 e. The molecule has 1 aromatic rings. The van der Waals surface area contributed by atoms with E-state index < -0.39 is 5.03 Å². The summed E-state index contributed by atoms with van der Waals surface area (Å²) in [6.45, 7) is 0.242. The van der Waals surface area contributed by atoms with Gasteiger partial charge < -0.3 is 4.68 Å². The van der Waals surface area contributed by atoms with Crippen LogP contribution in [-0.4, -0.2) is 26.7 Å². The largest absolute Gasteiger partial charge is 0.326 e. The molecule has 0 saturated heterocycles. The normalized spacial score (nSPS) is 11.0. The summed E-state index contributed by atoms with van der Waals surface area (Å²) < 4.78 is 1.07. The zero-order valence-electron chi connectivity index (χ0n) is 6.76. The average Bonchev–Trinajstić information content (AvgIpc) is 2.52. The van der Waals surface area contributed by atoms with Crippen molar-refractivity contribution >= 4 is 0 Å². The zero-order chi connectivity index (χ0) is 10.4. The van der Waals surface area contributed by atoms with E-state index >= 15 is 0 Å². The third kappa shape index (κ3) is 2.57. The molecule has 0 saturated carbocycles. The Morgan fingerprint density at radius 2 is 2.57 bits per heavy atom. The summed E-state index contributed by atoms with van der Waals surface area (Å²) in [6.07, 6.45) is 0. The second kappa shape index (κ2) is 4.57. The van der Waals surface area contributed by atoms with Gasteiger partial charge in [-0.2, -0.15) is 0 Å². The van der Waals surface area contributed by atoms with Crippen LogP contribution in [0.25, 0.3) is 10.4 Å². The average molecular weight is 198 g/mol. The lowest BCUT2D eigenvalue weighted by Crippen LogP contribution is -2.24. The zero-order valence-corrected chi connectivity index (χ0v) is 6.76. The van der Waals surface area contributed by atoms with Crippen molar-refractivity contribution in [2.45, 2.75) is 6.54 Å². The predicted octanol–water partition coefficient (Wildman–Crippen LogP) is -1.36. The lowest BCUT2D eigenvalue weighted by atomic mass is 10.7. The second-order valence-electron chi connectivity index (χ2n) is 1.99. The SMILES string of the molecule is [N-]=[N+]=NCCn1nn[n-]/c1=N/[N+](=O)[O-]. The summed E-state index contributed by atoms with van der Waals surface area (Å²) in [5.74, 6) is 0. The van der Waals surface area contributed by atoms with Gasteiger partial charge in [0.25, 0.3) is 0 Å². The summed E-state index contributed by atoms with van der Waals surface area (Å²) in [7, 11) is 0. The molecule has 11 heteroatoms. The van der Waals surface area contributed by atoms with Crippen molar-refractivity contribution in [3.8, 4) is 0 Å². The van der Waals surface area contributed by atoms with E-state index in [-0.39, 0.29) is 18.7 Å². The molecule has 1 rings (SSSR count). The molecule has 0 spiro atoms. The number of nitro groups is 1. The van der Waals surface area contributed by atoms with Crippen molar-refractivity contribution in [1.82, 2.24) is 20.2 Å². The van der Waals surface area contributed by atoms with Crippen LogP contribution in [-0.2, 0) is 6.54 Å². The molecule has 0 aliphatic rings. The van der Waals surface area contributed by atoms with Crippen LogP contribution in [0.5, 0.6) is 0 Å². The van der Waals surface area contributed by atoms with Crippen LogP contribution in [0.3, 0.4) is 0 Å². The molecule has 11 nitrogen and oxygen atoms in total. The summed E-state index contributed by atoms with van der Waals surface area (Å²) in [5.41, 5.74) is 7.74. The van der Waals surface area contributed by atoms with Gasteiger partial charge in [-0.15, -0.1) is 5.21 Å². The Bertz CT molecular complexity index is 421. The Hall–Kier alpha value is -2.42. The minimum absolute atomic E-state index is 0.0990. The summed E-state index contributed by atoms with van der Waals surface area (Å²) in [6, 6.07) is 0. The van der Waals surface area contributed by atoms with Crippen LogP contribution in [0.2, 0.25) is 0 Å². The third-order valence-corrected chi connectivity index (χ3v) is 1.16. The Kier molecular flexibility index (Phi) is 3.15. The fourth-order valence-corrected chi connectivity index (χ4v) is 0.673. The van der Waals surface area contributed by atoms with E-state index in [9.17, 15) is 10.1 Å². The van der Waals surface area contributed by atoms with Crippen molar-refractivity contribution in [3.63, 3.8) is 0 Å². The molecule has 74 valence electrons. The van der Waals surface area contributed by atoms with Crippen LogP contribution >= 0.6 is 0 Å². The highest BCUT2D eigenvalue weighted by atomic mass is 16.7. The van der Waals surface area contributed by atoms with Gasteiger partial charge >= 0.3 is 0 Å². The molecule has 0 unspecified atom stereocenters. The first-order chi connectivity index (χ1) is 6.74. The molecule has 0 bridgehead atoms. The van der Waals surface area contributed by atoms with Crippen molar-refractivity contribution in [3.05, 3.63) is 26.2 Å². The molecule has 0 aliphatic carbocycles. The van der Waals surface area contributed by atoms with Gasteiger partial charge in [0.05, 0.1) is 0 Å². The fraction of sp³-hybridized carbons (Fsp3) is 0.667. The molecule has 0 radical (unpaired) electrons. The van der Waals surface area contributed by atoms with E-state index in [1.54, 1.807) is 0 Å². The fourth-order valence-electron chi connectivity index (χ4n) is 0.673. The molecule has 1 heterocycles. The van der Waals surface area contributed by atoms with E-state index in [0.29, 0.717) is 0 Å². The highest BCUT2D eigenvalue weighted by Crippen LogP contribution is 1.76. The maximum atomic E-state index is 10.00. The predicted molar refractivity (Wildman–Crippen MR) is 39.9 cm³/mol. The number of azide groups is 1. The smallest absolute Gasteiger partial charge is 0.170 e. The molecular formula is C3H4N9O2-. The summed E-state index contributed by atoms with van der Waals surface area (Å²) in [5, 5.41) is 25.1. The highest BCUT2D eigenvalue weighted by Gasteiger charge is 1.91. The van der Waals surface area contributed by atoms with Crippen molar-refractivity contribution in [2.24, 2.45) is 10.2 Å².